The lowest BCUT2D eigenvalue weighted by molar-refractivity contribution is 0.0950. The molecule has 0 radical (unpaired) electrons. The Morgan fingerprint density at radius 3 is 2.59 bits per heavy atom. The number of phenols is 1. The van der Waals surface area contributed by atoms with E-state index in [9.17, 15) is 9.90 Å². The van der Waals surface area contributed by atoms with Gasteiger partial charge in [0.1, 0.15) is 0 Å². The molecule has 0 fully saturated rings. The van der Waals surface area contributed by atoms with Gasteiger partial charge in [0.05, 0.1) is 24.7 Å². The highest BCUT2D eigenvalue weighted by molar-refractivity contribution is 9.10. The normalized spacial score (nSPS) is 11.3. The Morgan fingerprint density at radius 2 is 1.93 bits per heavy atom. The molecule has 0 aliphatic rings. The van der Waals surface area contributed by atoms with Gasteiger partial charge in [0.15, 0.2) is 17.2 Å². The fourth-order valence-corrected chi connectivity index (χ4v) is 2.57. The Balaban J connectivity index is 1.79. The van der Waals surface area contributed by atoms with Crippen molar-refractivity contribution in [1.82, 2.24) is 15.6 Å². The number of amides is 1. The lowest BCUT2D eigenvalue weighted by Gasteiger charge is -2.07. The van der Waals surface area contributed by atoms with Gasteiger partial charge in [-0.05, 0) is 43.3 Å². The number of hydrazone groups is 1. The van der Waals surface area contributed by atoms with E-state index in [1.165, 1.54) is 13.3 Å². The molecule has 0 atom stereocenters. The first-order valence-corrected chi connectivity index (χ1v) is 9.19. The third-order valence-corrected chi connectivity index (χ3v) is 4.25. The summed E-state index contributed by atoms with van der Waals surface area (Å²) < 4.78 is 6.11. The van der Waals surface area contributed by atoms with Gasteiger partial charge in [-0.25, -0.2) is 5.43 Å². The number of aromatic hydroxyl groups is 1. The minimum absolute atomic E-state index is 0.135. The number of azo groups is 1. The van der Waals surface area contributed by atoms with Crippen LogP contribution in [0, 0.1) is 6.92 Å². The Kier molecular flexibility index (Phi) is 6.35. The average molecular weight is 457 g/mol. The van der Waals surface area contributed by atoms with Crippen molar-refractivity contribution in [2.45, 2.75) is 6.92 Å². The van der Waals surface area contributed by atoms with Crippen LogP contribution in [0.1, 0.15) is 21.7 Å². The Morgan fingerprint density at radius 1 is 1.21 bits per heavy atom. The fourth-order valence-electron chi connectivity index (χ4n) is 2.30. The molecule has 2 aromatic carbocycles. The fraction of sp³-hybridized carbons (Fsp3) is 0.105. The van der Waals surface area contributed by atoms with E-state index in [1.54, 1.807) is 37.3 Å². The number of aromatic nitrogens is 2. The highest BCUT2D eigenvalue weighted by atomic mass is 79.9. The molecule has 9 nitrogen and oxygen atoms in total. The zero-order valence-electron chi connectivity index (χ0n) is 15.5. The number of benzene rings is 2. The second kappa shape index (κ2) is 9.11. The first-order valence-electron chi connectivity index (χ1n) is 8.40. The van der Waals surface area contributed by atoms with E-state index >= 15 is 0 Å². The second-order valence-electron chi connectivity index (χ2n) is 5.90. The molecule has 0 bridgehead atoms. The van der Waals surface area contributed by atoms with Crippen molar-refractivity contribution in [3.8, 4) is 11.5 Å². The molecule has 1 aromatic heterocycles. The van der Waals surface area contributed by atoms with Gasteiger partial charge in [0.2, 0.25) is 0 Å². The molecule has 148 valence electrons. The summed E-state index contributed by atoms with van der Waals surface area (Å²) in [7, 11) is 1.42. The van der Waals surface area contributed by atoms with Crippen molar-refractivity contribution >= 4 is 39.4 Å². The van der Waals surface area contributed by atoms with E-state index in [2.05, 4.69) is 46.9 Å². The van der Waals surface area contributed by atoms with Crippen LogP contribution in [0.3, 0.4) is 0 Å². The quantitative estimate of drug-likeness (QED) is 0.289. The summed E-state index contributed by atoms with van der Waals surface area (Å²) in [5.41, 5.74) is 4.71. The predicted octanol–water partition coefficient (Wildman–Crippen LogP) is 4.37. The Labute approximate surface area is 174 Å². The SMILES string of the molecule is COc1cc(N=Nc2ccc(Br)cc2)cc(C=NNC(=O)c2cc(C)[nH]n2)c1O. The second-order valence-corrected chi connectivity index (χ2v) is 6.81. The first-order chi connectivity index (χ1) is 14.0. The maximum atomic E-state index is 12.0. The van der Waals surface area contributed by atoms with E-state index in [1.807, 2.05) is 12.1 Å². The van der Waals surface area contributed by atoms with Crippen LogP contribution in [-0.4, -0.2) is 34.5 Å². The Hall–Kier alpha value is -3.53. The minimum Gasteiger partial charge on any atom is -0.504 e. The summed E-state index contributed by atoms with van der Waals surface area (Å²) in [5, 5.41) is 29.0. The lowest BCUT2D eigenvalue weighted by atomic mass is 10.2. The average Bonchev–Trinajstić information content (AvgIpc) is 3.15. The van der Waals surface area contributed by atoms with Gasteiger partial charge in [0.25, 0.3) is 5.91 Å². The molecule has 0 saturated heterocycles. The molecular weight excluding hydrogens is 440 g/mol. The summed E-state index contributed by atoms with van der Waals surface area (Å²) in [6.45, 7) is 1.78. The van der Waals surface area contributed by atoms with E-state index in [-0.39, 0.29) is 17.2 Å². The van der Waals surface area contributed by atoms with Crippen molar-refractivity contribution in [1.29, 1.82) is 0 Å². The van der Waals surface area contributed by atoms with Crippen molar-refractivity contribution in [3.05, 3.63) is 63.9 Å². The maximum absolute atomic E-state index is 12.0. The highest BCUT2D eigenvalue weighted by Crippen LogP contribution is 2.34. The summed E-state index contributed by atoms with van der Waals surface area (Å²) in [5.74, 6) is -0.417. The monoisotopic (exact) mass is 456 g/mol. The van der Waals surface area contributed by atoms with Crippen LogP contribution in [0.25, 0.3) is 0 Å². The van der Waals surface area contributed by atoms with Crippen molar-refractivity contribution in [2.24, 2.45) is 15.3 Å². The van der Waals surface area contributed by atoms with Gasteiger partial charge in [0, 0.05) is 21.8 Å². The number of rotatable bonds is 6. The minimum atomic E-state index is -0.483. The largest absolute Gasteiger partial charge is 0.504 e. The zero-order chi connectivity index (χ0) is 20.8. The molecule has 0 unspecified atom stereocenters. The molecule has 0 saturated carbocycles. The molecule has 1 heterocycles. The number of hydrogen-bond acceptors (Lipinski definition) is 7. The summed E-state index contributed by atoms with van der Waals surface area (Å²) in [4.78, 5) is 12.0. The van der Waals surface area contributed by atoms with Gasteiger partial charge >= 0.3 is 0 Å². The molecule has 0 aliphatic carbocycles. The molecule has 3 aromatic rings. The van der Waals surface area contributed by atoms with Crippen LogP contribution in [0.2, 0.25) is 0 Å². The van der Waals surface area contributed by atoms with Gasteiger partial charge < -0.3 is 9.84 Å². The number of carbonyl (C=O) groups is 1. The highest BCUT2D eigenvalue weighted by Gasteiger charge is 2.11. The lowest BCUT2D eigenvalue weighted by Crippen LogP contribution is -2.18. The third-order valence-electron chi connectivity index (χ3n) is 3.72. The van der Waals surface area contributed by atoms with Crippen LogP contribution < -0.4 is 10.2 Å². The number of nitrogens with zero attached hydrogens (tertiary/aromatic N) is 4. The van der Waals surface area contributed by atoms with Crippen molar-refractivity contribution in [2.75, 3.05) is 7.11 Å². The molecule has 3 N–H and O–H groups in total. The van der Waals surface area contributed by atoms with E-state index < -0.39 is 5.91 Å². The summed E-state index contributed by atoms with van der Waals surface area (Å²) >= 11 is 3.36. The third kappa shape index (κ3) is 5.26. The van der Waals surface area contributed by atoms with Crippen LogP contribution in [0.5, 0.6) is 11.5 Å². The predicted molar refractivity (Wildman–Crippen MR) is 111 cm³/mol. The van der Waals surface area contributed by atoms with Gasteiger partial charge in [-0.3, -0.25) is 9.89 Å². The number of aryl methyl sites for hydroxylation is 1. The first kappa shape index (κ1) is 20.2. The molecule has 0 aliphatic heterocycles. The van der Waals surface area contributed by atoms with Crippen LogP contribution in [0.15, 0.2) is 62.3 Å². The zero-order valence-corrected chi connectivity index (χ0v) is 17.1. The molecule has 10 heteroatoms. The number of carbonyl (C=O) groups excluding carboxylic acids is 1. The van der Waals surface area contributed by atoms with Crippen molar-refractivity contribution < 1.29 is 14.6 Å². The van der Waals surface area contributed by atoms with Gasteiger partial charge in [-0.1, -0.05) is 15.9 Å². The Bertz CT molecular complexity index is 1080. The number of halogens is 1. The standard InChI is InChI=1S/C19H17BrN6O3/c1-11-7-16(25-22-11)19(28)26-21-10-12-8-15(9-17(29-2)18(12)27)24-23-14-5-3-13(20)4-6-14/h3-10,27H,1-2H3,(H,22,25)(H,26,28). The summed E-state index contributed by atoms with van der Waals surface area (Å²) in [6, 6.07) is 12.0. The number of methoxy groups -OCH3 is 1. The number of ether oxygens (including phenoxy) is 1. The topological polar surface area (TPSA) is 124 Å². The number of hydrogen-bond donors (Lipinski definition) is 3. The molecular formula is C19H17BrN6O3. The molecule has 3 rings (SSSR count). The number of aromatic amines is 1. The van der Waals surface area contributed by atoms with Gasteiger partial charge in [-0.15, -0.1) is 0 Å². The molecule has 1 amide bonds. The number of nitrogens with one attached hydrogen (secondary N) is 2. The van der Waals surface area contributed by atoms with Crippen LogP contribution >= 0.6 is 15.9 Å². The molecule has 29 heavy (non-hydrogen) atoms. The van der Waals surface area contributed by atoms with E-state index in [4.69, 9.17) is 4.74 Å². The summed E-state index contributed by atoms with van der Waals surface area (Å²) in [6.07, 6.45) is 1.29. The maximum Gasteiger partial charge on any atom is 0.291 e. The van der Waals surface area contributed by atoms with Crippen molar-refractivity contribution in [3.63, 3.8) is 0 Å². The van der Waals surface area contributed by atoms with Crippen LogP contribution in [0.4, 0.5) is 11.4 Å². The molecule has 0 spiro atoms. The number of H-pyrrole nitrogens is 1. The van der Waals surface area contributed by atoms with E-state index in [0.717, 1.165) is 10.2 Å². The smallest absolute Gasteiger partial charge is 0.291 e. The van der Waals surface area contributed by atoms with Crippen LogP contribution in [-0.2, 0) is 0 Å². The number of phenolic OH excluding ortho intramolecular Hbond substituents is 1. The van der Waals surface area contributed by atoms with E-state index in [0.29, 0.717) is 16.9 Å². The van der Waals surface area contributed by atoms with Gasteiger partial charge in [-0.2, -0.15) is 20.4 Å².